The number of rotatable bonds is 3. The van der Waals surface area contributed by atoms with Gasteiger partial charge in [0.15, 0.2) is 0 Å². The van der Waals surface area contributed by atoms with E-state index < -0.39 is 6.29 Å². The average Bonchev–Trinajstić information content (AvgIpc) is 2.07. The van der Waals surface area contributed by atoms with Crippen molar-refractivity contribution in [3.8, 4) is 0 Å². The first kappa shape index (κ1) is 9.38. The Balaban J connectivity index is 2.85. The Hall–Kier alpha value is -0.710. The third-order valence-corrected chi connectivity index (χ3v) is 1.48. The summed E-state index contributed by atoms with van der Waals surface area (Å²) in [6, 6.07) is 0. The van der Waals surface area contributed by atoms with Gasteiger partial charge >= 0.3 is 0 Å². The molecule has 0 atom stereocenters. The molecule has 0 unspecified atom stereocenters. The zero-order valence-corrected chi connectivity index (χ0v) is 7.58. The Bertz CT molecular complexity index is 253. The van der Waals surface area contributed by atoms with Gasteiger partial charge < -0.3 is 9.47 Å². The number of methoxy groups -OCH3 is 2. The second-order valence-electron chi connectivity index (χ2n) is 2.07. The molecule has 0 spiro atoms. The van der Waals surface area contributed by atoms with Crippen molar-refractivity contribution in [1.29, 1.82) is 0 Å². The van der Waals surface area contributed by atoms with Crippen molar-refractivity contribution in [2.75, 3.05) is 14.2 Å². The van der Waals surface area contributed by atoms with Gasteiger partial charge in [-0.05, 0) is 0 Å². The van der Waals surface area contributed by atoms with Crippen molar-refractivity contribution < 1.29 is 9.47 Å². The molecule has 1 aromatic rings. The fraction of sp³-hybridized carbons (Fsp3) is 0.429. The largest absolute Gasteiger partial charge is 0.350 e. The molecule has 0 N–H and O–H groups in total. The van der Waals surface area contributed by atoms with Crippen LogP contribution in [-0.4, -0.2) is 24.2 Å². The maximum atomic E-state index is 5.62. The molecule has 0 fully saturated rings. The van der Waals surface area contributed by atoms with E-state index in [0.29, 0.717) is 10.8 Å². The van der Waals surface area contributed by atoms with Crippen molar-refractivity contribution in [2.24, 2.45) is 0 Å². The molecule has 5 heteroatoms. The highest BCUT2D eigenvalue weighted by Gasteiger charge is 2.10. The van der Waals surface area contributed by atoms with Gasteiger partial charge in [0.2, 0.25) is 6.29 Å². The molecule has 0 radical (unpaired) electrons. The lowest BCUT2D eigenvalue weighted by atomic mass is 10.4. The summed E-state index contributed by atoms with van der Waals surface area (Å²) >= 11 is 5.62. The standard InChI is InChI=1S/C7H9ClN2O2/c1-11-7(12-2)5-3-9-4-6(8)10-5/h3-4,7H,1-2H3. The smallest absolute Gasteiger partial charge is 0.202 e. The molecule has 66 valence electrons. The summed E-state index contributed by atoms with van der Waals surface area (Å²) in [7, 11) is 3.05. The molecule has 1 rings (SSSR count). The average molecular weight is 189 g/mol. The molecule has 0 saturated heterocycles. The van der Waals surface area contributed by atoms with Crippen LogP contribution in [0.15, 0.2) is 12.4 Å². The van der Waals surface area contributed by atoms with Gasteiger partial charge in [-0.1, -0.05) is 11.6 Å². The minimum Gasteiger partial charge on any atom is -0.350 e. The number of aromatic nitrogens is 2. The third-order valence-electron chi connectivity index (χ3n) is 1.29. The van der Waals surface area contributed by atoms with E-state index in [1.54, 1.807) is 6.20 Å². The van der Waals surface area contributed by atoms with Crippen molar-refractivity contribution in [3.63, 3.8) is 0 Å². The summed E-state index contributed by atoms with van der Waals surface area (Å²) in [5.74, 6) is 0. The predicted octanol–water partition coefficient (Wildman–Crippen LogP) is 1.42. The molecule has 0 aliphatic carbocycles. The van der Waals surface area contributed by atoms with Crippen LogP contribution in [0.1, 0.15) is 12.0 Å². The van der Waals surface area contributed by atoms with Crippen LogP contribution in [0.4, 0.5) is 0 Å². The molecule has 1 heterocycles. The molecular weight excluding hydrogens is 180 g/mol. The summed E-state index contributed by atoms with van der Waals surface area (Å²) in [6.07, 6.45) is 2.49. The maximum absolute atomic E-state index is 5.62. The Morgan fingerprint density at radius 3 is 2.50 bits per heavy atom. The van der Waals surface area contributed by atoms with Crippen molar-refractivity contribution in [2.45, 2.75) is 6.29 Å². The lowest BCUT2D eigenvalue weighted by molar-refractivity contribution is -0.108. The van der Waals surface area contributed by atoms with Crippen LogP contribution in [0.5, 0.6) is 0 Å². The van der Waals surface area contributed by atoms with Crippen LogP contribution in [0.2, 0.25) is 5.15 Å². The fourth-order valence-corrected chi connectivity index (χ4v) is 0.961. The second-order valence-corrected chi connectivity index (χ2v) is 2.46. The van der Waals surface area contributed by atoms with E-state index in [4.69, 9.17) is 21.1 Å². The fourth-order valence-electron chi connectivity index (χ4n) is 0.807. The predicted molar refractivity (Wildman–Crippen MR) is 43.8 cm³/mol. The first-order valence-corrected chi connectivity index (χ1v) is 3.68. The number of halogens is 1. The first-order valence-electron chi connectivity index (χ1n) is 3.31. The minimum absolute atomic E-state index is 0.326. The lowest BCUT2D eigenvalue weighted by Crippen LogP contribution is -2.06. The van der Waals surface area contributed by atoms with Gasteiger partial charge in [0, 0.05) is 14.2 Å². The Morgan fingerprint density at radius 1 is 1.33 bits per heavy atom. The highest BCUT2D eigenvalue weighted by atomic mass is 35.5. The normalized spacial score (nSPS) is 10.7. The Morgan fingerprint density at radius 2 is 2.00 bits per heavy atom. The van der Waals surface area contributed by atoms with Crippen LogP contribution in [0.3, 0.4) is 0 Å². The number of nitrogens with zero attached hydrogens (tertiary/aromatic N) is 2. The van der Waals surface area contributed by atoms with Crippen molar-refractivity contribution in [3.05, 3.63) is 23.2 Å². The summed E-state index contributed by atoms with van der Waals surface area (Å²) in [5.41, 5.74) is 0.563. The van der Waals surface area contributed by atoms with Gasteiger partial charge in [0.25, 0.3) is 0 Å². The quantitative estimate of drug-likeness (QED) is 0.673. The Kier molecular flexibility index (Phi) is 3.40. The summed E-state index contributed by atoms with van der Waals surface area (Å²) < 4.78 is 9.91. The van der Waals surface area contributed by atoms with Crippen LogP contribution < -0.4 is 0 Å². The highest BCUT2D eigenvalue weighted by Crippen LogP contribution is 2.14. The van der Waals surface area contributed by atoms with Gasteiger partial charge in [-0.15, -0.1) is 0 Å². The summed E-state index contributed by atoms with van der Waals surface area (Å²) in [6.45, 7) is 0. The van der Waals surface area contributed by atoms with Crippen molar-refractivity contribution in [1.82, 2.24) is 9.97 Å². The zero-order chi connectivity index (χ0) is 8.97. The van der Waals surface area contributed by atoms with Crippen LogP contribution in [-0.2, 0) is 9.47 Å². The van der Waals surface area contributed by atoms with E-state index in [2.05, 4.69) is 9.97 Å². The minimum atomic E-state index is -0.504. The monoisotopic (exact) mass is 188 g/mol. The lowest BCUT2D eigenvalue weighted by Gasteiger charge is -2.11. The number of hydrogen-bond acceptors (Lipinski definition) is 4. The van der Waals surface area contributed by atoms with Gasteiger partial charge in [-0.3, -0.25) is 4.98 Å². The zero-order valence-electron chi connectivity index (χ0n) is 6.82. The molecule has 0 aliphatic rings. The van der Waals surface area contributed by atoms with E-state index in [1.165, 1.54) is 20.4 Å². The Labute approximate surface area is 75.5 Å². The molecule has 0 bridgehead atoms. The number of ether oxygens (including phenoxy) is 2. The van der Waals surface area contributed by atoms with Gasteiger partial charge in [-0.2, -0.15) is 0 Å². The van der Waals surface area contributed by atoms with Crippen molar-refractivity contribution >= 4 is 11.6 Å². The van der Waals surface area contributed by atoms with Gasteiger partial charge in [0.1, 0.15) is 10.8 Å². The van der Waals surface area contributed by atoms with Crippen LogP contribution in [0, 0.1) is 0 Å². The van der Waals surface area contributed by atoms with E-state index in [0.717, 1.165) is 0 Å². The van der Waals surface area contributed by atoms with E-state index in [9.17, 15) is 0 Å². The van der Waals surface area contributed by atoms with Gasteiger partial charge in [-0.25, -0.2) is 4.98 Å². The van der Waals surface area contributed by atoms with E-state index >= 15 is 0 Å². The summed E-state index contributed by atoms with van der Waals surface area (Å²) in [5, 5.41) is 0.326. The topological polar surface area (TPSA) is 44.2 Å². The molecule has 4 nitrogen and oxygen atoms in total. The van der Waals surface area contributed by atoms with Crippen LogP contribution in [0.25, 0.3) is 0 Å². The number of hydrogen-bond donors (Lipinski definition) is 0. The molecule has 0 aliphatic heterocycles. The highest BCUT2D eigenvalue weighted by molar-refractivity contribution is 6.29. The maximum Gasteiger partial charge on any atom is 0.202 e. The molecular formula is C7H9ClN2O2. The summed E-state index contributed by atoms with van der Waals surface area (Å²) in [4.78, 5) is 7.81. The van der Waals surface area contributed by atoms with Crippen LogP contribution >= 0.6 is 11.6 Å². The molecule has 0 aromatic carbocycles. The third kappa shape index (κ3) is 2.14. The SMILES string of the molecule is COC(OC)c1cncc(Cl)n1. The second kappa shape index (κ2) is 4.35. The molecule has 0 amide bonds. The van der Waals surface area contributed by atoms with E-state index in [-0.39, 0.29) is 0 Å². The molecule has 0 saturated carbocycles. The first-order chi connectivity index (χ1) is 5.77. The van der Waals surface area contributed by atoms with E-state index in [1.807, 2.05) is 0 Å². The molecule has 12 heavy (non-hydrogen) atoms. The molecule has 1 aromatic heterocycles. The van der Waals surface area contributed by atoms with Gasteiger partial charge in [0.05, 0.1) is 12.4 Å².